The summed E-state index contributed by atoms with van der Waals surface area (Å²) in [6.45, 7) is 7.30. The van der Waals surface area contributed by atoms with Crippen LogP contribution < -0.4 is 5.32 Å². The summed E-state index contributed by atoms with van der Waals surface area (Å²) in [6.07, 6.45) is 14.8. The molecule has 0 saturated heterocycles. The molecule has 1 aromatic carbocycles. The van der Waals surface area contributed by atoms with Crippen LogP contribution in [0.1, 0.15) is 76.7 Å². The van der Waals surface area contributed by atoms with E-state index in [1.807, 2.05) is 6.20 Å². The van der Waals surface area contributed by atoms with Crippen molar-refractivity contribution in [3.05, 3.63) is 36.0 Å². The second-order valence-corrected chi connectivity index (χ2v) is 7.60. The van der Waals surface area contributed by atoms with Crippen LogP contribution in [-0.4, -0.2) is 24.7 Å². The second kappa shape index (κ2) is 13.5. The van der Waals surface area contributed by atoms with Gasteiger partial charge in [-0.2, -0.15) is 0 Å². The molecule has 1 N–H and O–H groups in total. The molecule has 2 aromatic rings. The van der Waals surface area contributed by atoms with Crippen molar-refractivity contribution in [2.45, 2.75) is 78.1 Å². The minimum absolute atomic E-state index is 0.947. The van der Waals surface area contributed by atoms with Crippen molar-refractivity contribution in [2.75, 3.05) is 25.1 Å². The normalized spacial score (nSPS) is 11.2. The van der Waals surface area contributed by atoms with Gasteiger partial charge >= 0.3 is 0 Å². The van der Waals surface area contributed by atoms with E-state index in [4.69, 9.17) is 4.74 Å². The van der Waals surface area contributed by atoms with Crippen molar-refractivity contribution in [2.24, 2.45) is 0 Å². The summed E-state index contributed by atoms with van der Waals surface area (Å²) in [5, 5.41) is 4.81. The molecule has 0 bridgehead atoms. The van der Waals surface area contributed by atoms with E-state index in [0.717, 1.165) is 25.3 Å². The van der Waals surface area contributed by atoms with Gasteiger partial charge in [0.05, 0.1) is 5.52 Å². The molecule has 0 amide bonds. The quantitative estimate of drug-likeness (QED) is 0.346. The Kier molecular flexibility index (Phi) is 10.9. The molecule has 27 heavy (non-hydrogen) atoms. The van der Waals surface area contributed by atoms with Crippen LogP contribution in [0.4, 0.5) is 5.69 Å². The highest BCUT2D eigenvalue weighted by Crippen LogP contribution is 2.22. The molecule has 0 unspecified atom stereocenters. The largest absolute Gasteiger partial charge is 0.384 e. The van der Waals surface area contributed by atoms with Gasteiger partial charge in [0, 0.05) is 37.0 Å². The maximum absolute atomic E-state index is 5.70. The van der Waals surface area contributed by atoms with Crippen molar-refractivity contribution >= 4 is 16.6 Å². The summed E-state index contributed by atoms with van der Waals surface area (Å²) in [5.74, 6) is 0. The topological polar surface area (TPSA) is 34.1 Å². The number of aromatic nitrogens is 1. The smallest absolute Gasteiger partial charge is 0.0725 e. The molecule has 1 aromatic heterocycles. The van der Waals surface area contributed by atoms with Crippen LogP contribution in [-0.2, 0) is 4.74 Å². The molecule has 3 heteroatoms. The first-order chi connectivity index (χ1) is 13.3. The lowest BCUT2D eigenvalue weighted by molar-refractivity contribution is 0.126. The maximum atomic E-state index is 5.70. The van der Waals surface area contributed by atoms with Gasteiger partial charge in [-0.3, -0.25) is 4.98 Å². The summed E-state index contributed by atoms with van der Waals surface area (Å²) in [6, 6.07) is 8.56. The number of fused-ring (bicyclic) bond motifs is 1. The lowest BCUT2D eigenvalue weighted by atomic mass is 10.1. The van der Waals surface area contributed by atoms with Crippen LogP contribution in [0, 0.1) is 6.92 Å². The van der Waals surface area contributed by atoms with Crippen LogP contribution in [0.2, 0.25) is 0 Å². The van der Waals surface area contributed by atoms with Gasteiger partial charge < -0.3 is 10.1 Å². The highest BCUT2D eigenvalue weighted by atomic mass is 16.5. The average Bonchev–Trinajstić information content (AvgIpc) is 2.68. The third-order valence-corrected chi connectivity index (χ3v) is 5.07. The molecule has 1 heterocycles. The Morgan fingerprint density at radius 2 is 1.56 bits per heavy atom. The second-order valence-electron chi connectivity index (χ2n) is 7.60. The lowest BCUT2D eigenvalue weighted by Gasteiger charge is -2.10. The number of nitrogens with zero attached hydrogens (tertiary/aromatic N) is 1. The zero-order valence-corrected chi connectivity index (χ0v) is 17.4. The van der Waals surface area contributed by atoms with Crippen molar-refractivity contribution in [3.8, 4) is 0 Å². The summed E-state index contributed by atoms with van der Waals surface area (Å²) in [7, 11) is 0. The van der Waals surface area contributed by atoms with Crippen LogP contribution >= 0.6 is 0 Å². The van der Waals surface area contributed by atoms with E-state index >= 15 is 0 Å². The van der Waals surface area contributed by atoms with E-state index in [2.05, 4.69) is 48.4 Å². The zero-order valence-electron chi connectivity index (χ0n) is 17.4. The summed E-state index contributed by atoms with van der Waals surface area (Å²) < 4.78 is 5.70. The van der Waals surface area contributed by atoms with Crippen molar-refractivity contribution < 1.29 is 4.74 Å². The molecular weight excluding hydrogens is 332 g/mol. The van der Waals surface area contributed by atoms with E-state index in [0.29, 0.717) is 0 Å². The molecule has 3 nitrogen and oxygen atoms in total. The number of hydrogen-bond donors (Lipinski definition) is 1. The van der Waals surface area contributed by atoms with Gasteiger partial charge in [-0.25, -0.2) is 0 Å². The number of aryl methyl sites for hydroxylation is 1. The Balaban J connectivity index is 1.46. The first-order valence-corrected chi connectivity index (χ1v) is 11.0. The summed E-state index contributed by atoms with van der Waals surface area (Å²) in [4.78, 5) is 4.47. The molecule has 0 aliphatic rings. The molecule has 0 fully saturated rings. The van der Waals surface area contributed by atoms with Gasteiger partial charge in [0.1, 0.15) is 0 Å². The van der Waals surface area contributed by atoms with E-state index in [1.54, 1.807) is 0 Å². The first kappa shape index (κ1) is 21.7. The summed E-state index contributed by atoms with van der Waals surface area (Å²) in [5.41, 5.74) is 3.54. The maximum Gasteiger partial charge on any atom is 0.0725 e. The fraction of sp³-hybridized carbons (Fsp3) is 0.625. The molecule has 0 spiro atoms. The molecule has 0 aliphatic carbocycles. The summed E-state index contributed by atoms with van der Waals surface area (Å²) >= 11 is 0. The van der Waals surface area contributed by atoms with E-state index in [9.17, 15) is 0 Å². The van der Waals surface area contributed by atoms with E-state index in [1.165, 1.54) is 80.8 Å². The Hall–Kier alpha value is -1.61. The molecule has 150 valence electrons. The number of nitrogens with one attached hydrogen (secondary N) is 1. The standard InChI is InChI=1S/C24H38N2O/c1-3-4-5-11-18-27-19-12-9-7-6-8-10-16-25-23-15-17-26-24-20-21(2)13-14-22(23)24/h13-15,17,20H,3-12,16,18-19H2,1-2H3,(H,25,26). The highest BCUT2D eigenvalue weighted by Gasteiger charge is 2.01. The van der Waals surface area contributed by atoms with E-state index in [-0.39, 0.29) is 0 Å². The Labute approximate surface area is 165 Å². The van der Waals surface area contributed by atoms with Gasteiger partial charge in [0.15, 0.2) is 0 Å². The van der Waals surface area contributed by atoms with Gasteiger partial charge in [-0.05, 0) is 43.9 Å². The molecule has 0 radical (unpaired) electrons. The number of hydrogen-bond acceptors (Lipinski definition) is 3. The Bertz CT molecular complexity index is 641. The van der Waals surface area contributed by atoms with Crippen molar-refractivity contribution in [3.63, 3.8) is 0 Å². The number of pyridine rings is 1. The van der Waals surface area contributed by atoms with Gasteiger partial charge in [-0.1, -0.05) is 64.0 Å². The number of benzene rings is 1. The van der Waals surface area contributed by atoms with Crippen LogP contribution in [0.5, 0.6) is 0 Å². The zero-order chi connectivity index (χ0) is 19.2. The fourth-order valence-corrected chi connectivity index (χ4v) is 3.40. The number of rotatable bonds is 15. The predicted octanol–water partition coefficient (Wildman–Crippen LogP) is 6.89. The number of unbranched alkanes of at least 4 members (excludes halogenated alkanes) is 8. The van der Waals surface area contributed by atoms with Crippen molar-refractivity contribution in [1.82, 2.24) is 4.98 Å². The van der Waals surface area contributed by atoms with Crippen LogP contribution in [0.15, 0.2) is 30.5 Å². The minimum atomic E-state index is 0.947. The average molecular weight is 371 g/mol. The fourth-order valence-electron chi connectivity index (χ4n) is 3.40. The monoisotopic (exact) mass is 370 g/mol. The van der Waals surface area contributed by atoms with Crippen LogP contribution in [0.25, 0.3) is 10.9 Å². The molecule has 0 atom stereocenters. The molecular formula is C24H38N2O. The predicted molar refractivity (Wildman–Crippen MR) is 118 cm³/mol. The highest BCUT2D eigenvalue weighted by molar-refractivity contribution is 5.91. The third-order valence-electron chi connectivity index (χ3n) is 5.07. The van der Waals surface area contributed by atoms with Gasteiger partial charge in [0.25, 0.3) is 0 Å². The number of ether oxygens (including phenoxy) is 1. The first-order valence-electron chi connectivity index (χ1n) is 11.0. The van der Waals surface area contributed by atoms with Crippen LogP contribution in [0.3, 0.4) is 0 Å². The van der Waals surface area contributed by atoms with Crippen molar-refractivity contribution in [1.29, 1.82) is 0 Å². The SMILES string of the molecule is CCCCCCOCCCCCCCCNc1ccnc2cc(C)ccc12. The number of anilines is 1. The van der Waals surface area contributed by atoms with Gasteiger partial charge in [0.2, 0.25) is 0 Å². The molecule has 0 aliphatic heterocycles. The lowest BCUT2D eigenvalue weighted by Crippen LogP contribution is -2.02. The Morgan fingerprint density at radius 1 is 0.852 bits per heavy atom. The Morgan fingerprint density at radius 3 is 2.33 bits per heavy atom. The molecule has 0 saturated carbocycles. The van der Waals surface area contributed by atoms with Gasteiger partial charge in [-0.15, -0.1) is 0 Å². The third kappa shape index (κ3) is 8.75. The van der Waals surface area contributed by atoms with E-state index < -0.39 is 0 Å². The molecule has 2 rings (SSSR count). The minimum Gasteiger partial charge on any atom is -0.384 e.